The predicted molar refractivity (Wildman–Crippen MR) is 61.1 cm³/mol. The smallest absolute Gasteiger partial charge is 0.358 e. The molecule has 0 saturated carbocycles. The van der Waals surface area contributed by atoms with Crippen LogP contribution in [0, 0.1) is 13.7 Å². The lowest BCUT2D eigenvalue weighted by atomic mass is 10.2. The largest absolute Gasteiger partial charge is 0.377 e. The van der Waals surface area contributed by atoms with Gasteiger partial charge in [-0.05, 0) is 44.6 Å². The summed E-state index contributed by atoms with van der Waals surface area (Å²) in [5, 5.41) is 11.5. The summed E-state index contributed by atoms with van der Waals surface area (Å²) in [6, 6.07) is 9.10. The topological polar surface area (TPSA) is 56.0 Å². The highest BCUT2D eigenvalue weighted by Crippen LogP contribution is 2.23. The van der Waals surface area contributed by atoms with Gasteiger partial charge in [0, 0.05) is 5.39 Å². The third kappa shape index (κ3) is 1.54. The molecule has 0 spiro atoms. The molecule has 5 heteroatoms. The van der Waals surface area contributed by atoms with E-state index >= 15 is 0 Å². The van der Waals surface area contributed by atoms with Gasteiger partial charge in [-0.25, -0.2) is 0 Å². The van der Waals surface area contributed by atoms with Gasteiger partial charge in [0.05, 0.1) is 0 Å². The molecule has 0 unspecified atom stereocenters. The zero-order chi connectivity index (χ0) is 10.1. The normalized spacial score (nSPS) is 10.4. The van der Waals surface area contributed by atoms with E-state index in [0.29, 0.717) is 9.09 Å². The van der Waals surface area contributed by atoms with Crippen molar-refractivity contribution in [1.29, 1.82) is 0 Å². The van der Waals surface area contributed by atoms with Crippen molar-refractivity contribution in [3.05, 3.63) is 44.0 Å². The van der Waals surface area contributed by atoms with Gasteiger partial charge in [0.1, 0.15) is 3.57 Å². The molecule has 0 atom stereocenters. The zero-order valence-electron chi connectivity index (χ0n) is 6.98. The van der Waals surface area contributed by atoms with Crippen LogP contribution in [0.15, 0.2) is 30.3 Å². The van der Waals surface area contributed by atoms with Crippen LogP contribution in [0.25, 0.3) is 10.9 Å². The fraction of sp³-hybridized carbons (Fsp3) is 0. The summed E-state index contributed by atoms with van der Waals surface area (Å²) in [5.41, 5.74) is 0.652. The summed E-state index contributed by atoms with van der Waals surface area (Å²) in [4.78, 5) is 14.1. The van der Waals surface area contributed by atoms with E-state index in [-0.39, 0.29) is 5.82 Å². The first-order valence-electron chi connectivity index (χ1n) is 3.88. The van der Waals surface area contributed by atoms with Gasteiger partial charge in [0.25, 0.3) is 0 Å². The molecule has 2 aromatic rings. The molecule has 0 aliphatic carbocycles. The van der Waals surface area contributed by atoms with E-state index in [9.17, 15) is 10.1 Å². The predicted octanol–water partition coefficient (Wildman–Crippen LogP) is 2.75. The Balaban J connectivity index is 2.77. The first-order chi connectivity index (χ1) is 6.68. The average Bonchev–Trinajstić information content (AvgIpc) is 2.16. The summed E-state index contributed by atoms with van der Waals surface area (Å²) in [6.07, 6.45) is 0. The van der Waals surface area contributed by atoms with E-state index in [0.717, 1.165) is 5.39 Å². The highest BCUT2D eigenvalue weighted by Gasteiger charge is 2.14. The van der Waals surface area contributed by atoms with E-state index in [1.54, 1.807) is 12.1 Å². The van der Waals surface area contributed by atoms with Crippen molar-refractivity contribution >= 4 is 39.3 Å². The molecular formula is C9H5IN2O2. The van der Waals surface area contributed by atoms with Gasteiger partial charge in [0.2, 0.25) is 0 Å². The van der Waals surface area contributed by atoms with Gasteiger partial charge in [-0.1, -0.05) is 18.2 Å². The minimum absolute atomic E-state index is 0.0794. The first-order valence-corrected chi connectivity index (χ1v) is 4.96. The Morgan fingerprint density at radius 2 is 2.07 bits per heavy atom. The van der Waals surface area contributed by atoms with E-state index in [2.05, 4.69) is 4.98 Å². The Morgan fingerprint density at radius 1 is 1.36 bits per heavy atom. The molecule has 1 heterocycles. The maximum atomic E-state index is 10.6. The number of nitrogens with zero attached hydrogens (tertiary/aromatic N) is 2. The lowest BCUT2D eigenvalue weighted by molar-refractivity contribution is -0.390. The fourth-order valence-corrected chi connectivity index (χ4v) is 1.86. The number of nitro groups is 1. The Hall–Kier alpha value is -1.24. The van der Waals surface area contributed by atoms with Crippen molar-refractivity contribution < 1.29 is 4.92 Å². The molecule has 14 heavy (non-hydrogen) atoms. The number of fused-ring (bicyclic) bond motifs is 1. The highest BCUT2D eigenvalue weighted by molar-refractivity contribution is 14.1. The van der Waals surface area contributed by atoms with Gasteiger partial charge in [-0.15, -0.1) is 0 Å². The molecular weight excluding hydrogens is 295 g/mol. The minimum Gasteiger partial charge on any atom is -0.358 e. The van der Waals surface area contributed by atoms with E-state index in [1.807, 2.05) is 40.8 Å². The number of benzene rings is 1. The molecule has 0 aliphatic heterocycles. The van der Waals surface area contributed by atoms with Crippen molar-refractivity contribution in [3.8, 4) is 0 Å². The Morgan fingerprint density at radius 3 is 2.79 bits per heavy atom. The molecule has 0 saturated heterocycles. The molecule has 0 fully saturated rings. The highest BCUT2D eigenvalue weighted by atomic mass is 127. The zero-order valence-corrected chi connectivity index (χ0v) is 9.13. The van der Waals surface area contributed by atoms with Crippen LogP contribution in [0.5, 0.6) is 0 Å². The fourth-order valence-electron chi connectivity index (χ4n) is 1.21. The number of rotatable bonds is 1. The van der Waals surface area contributed by atoms with Crippen molar-refractivity contribution in [2.45, 2.75) is 0 Å². The Kier molecular flexibility index (Phi) is 2.32. The summed E-state index contributed by atoms with van der Waals surface area (Å²) in [5.74, 6) is -0.0794. The van der Waals surface area contributed by atoms with Crippen LogP contribution >= 0.6 is 22.6 Å². The summed E-state index contributed by atoms with van der Waals surface area (Å²) in [7, 11) is 0. The number of aromatic nitrogens is 1. The van der Waals surface area contributed by atoms with Crippen LogP contribution in [-0.2, 0) is 0 Å². The van der Waals surface area contributed by atoms with Gasteiger partial charge in [-0.2, -0.15) is 0 Å². The van der Waals surface area contributed by atoms with Crippen molar-refractivity contribution in [2.24, 2.45) is 0 Å². The van der Waals surface area contributed by atoms with Crippen LogP contribution in [0.3, 0.4) is 0 Å². The summed E-state index contributed by atoms with van der Waals surface area (Å²) < 4.78 is 0.561. The summed E-state index contributed by atoms with van der Waals surface area (Å²) in [6.45, 7) is 0. The molecule has 1 aromatic carbocycles. The molecule has 2 rings (SSSR count). The maximum Gasteiger partial charge on any atom is 0.377 e. The van der Waals surface area contributed by atoms with Crippen LogP contribution in [-0.4, -0.2) is 9.91 Å². The number of para-hydroxylation sites is 1. The van der Waals surface area contributed by atoms with Crippen LogP contribution in [0.4, 0.5) is 5.82 Å². The maximum absolute atomic E-state index is 10.6. The van der Waals surface area contributed by atoms with Crippen LogP contribution in [0.1, 0.15) is 0 Å². The molecule has 1 aromatic heterocycles. The van der Waals surface area contributed by atoms with Crippen molar-refractivity contribution in [2.75, 3.05) is 0 Å². The lowest BCUT2D eigenvalue weighted by Gasteiger charge is -1.97. The van der Waals surface area contributed by atoms with Gasteiger partial charge >= 0.3 is 5.82 Å². The summed E-state index contributed by atoms with van der Waals surface area (Å²) >= 11 is 1.92. The monoisotopic (exact) mass is 300 g/mol. The first kappa shape index (κ1) is 9.32. The molecule has 0 bridgehead atoms. The number of hydrogen-bond acceptors (Lipinski definition) is 3. The number of pyridine rings is 1. The molecule has 0 aliphatic rings. The van der Waals surface area contributed by atoms with Gasteiger partial charge in [0.15, 0.2) is 5.52 Å². The number of hydrogen-bond donors (Lipinski definition) is 0. The molecule has 0 N–H and O–H groups in total. The molecule has 0 amide bonds. The quantitative estimate of drug-likeness (QED) is 0.462. The average molecular weight is 300 g/mol. The third-order valence-corrected chi connectivity index (χ3v) is 2.63. The second-order valence-electron chi connectivity index (χ2n) is 2.74. The third-order valence-electron chi connectivity index (χ3n) is 1.83. The lowest BCUT2D eigenvalue weighted by Crippen LogP contribution is -1.95. The Labute approximate surface area is 93.2 Å². The Bertz CT molecular complexity index is 513. The minimum atomic E-state index is -0.464. The van der Waals surface area contributed by atoms with Gasteiger partial charge in [-0.3, -0.25) is 0 Å². The van der Waals surface area contributed by atoms with E-state index in [4.69, 9.17) is 0 Å². The molecule has 4 nitrogen and oxygen atoms in total. The second kappa shape index (κ2) is 3.49. The standard InChI is InChI=1S/C9H5IN2O2/c10-7-5-6-3-1-2-4-8(6)11-9(7)12(13)14/h1-5H. The molecule has 0 radical (unpaired) electrons. The van der Waals surface area contributed by atoms with Crippen LogP contribution in [0.2, 0.25) is 0 Å². The molecule has 70 valence electrons. The van der Waals surface area contributed by atoms with Gasteiger partial charge < -0.3 is 10.1 Å². The van der Waals surface area contributed by atoms with Crippen LogP contribution < -0.4 is 0 Å². The second-order valence-corrected chi connectivity index (χ2v) is 3.91. The number of halogens is 1. The van der Waals surface area contributed by atoms with E-state index < -0.39 is 4.92 Å². The van der Waals surface area contributed by atoms with Crippen molar-refractivity contribution in [3.63, 3.8) is 0 Å². The SMILES string of the molecule is O=[N+]([O-])c1nc2ccccc2cc1I. The van der Waals surface area contributed by atoms with Crippen molar-refractivity contribution in [1.82, 2.24) is 4.98 Å². The van der Waals surface area contributed by atoms with E-state index in [1.165, 1.54) is 0 Å².